The molecule has 0 radical (unpaired) electrons. The van der Waals surface area contributed by atoms with Gasteiger partial charge in [-0.15, -0.1) is 0 Å². The van der Waals surface area contributed by atoms with Gasteiger partial charge in [-0.3, -0.25) is 28.2 Å². The van der Waals surface area contributed by atoms with E-state index in [9.17, 15) is 74.6 Å². The lowest BCUT2D eigenvalue weighted by atomic mass is 9.84. The summed E-state index contributed by atoms with van der Waals surface area (Å²) in [6, 6.07) is 0. The van der Waals surface area contributed by atoms with Gasteiger partial charge < -0.3 is 88.7 Å². The minimum atomic E-state index is -5.80. The van der Waals surface area contributed by atoms with Gasteiger partial charge in [-0.1, -0.05) is 354 Å². The molecule has 0 bridgehead atoms. The van der Waals surface area contributed by atoms with Gasteiger partial charge in [0.05, 0.1) is 13.2 Å². The number of carbonyl (C=O) groups excluding carboxylic acids is 4. The molecule has 3 aliphatic rings. The van der Waals surface area contributed by atoms with E-state index in [-0.39, 0.29) is 25.7 Å². The topological polar surface area (TPSA) is 380 Å². The summed E-state index contributed by atoms with van der Waals surface area (Å²) in [4.78, 5) is 66.5. The van der Waals surface area contributed by atoms with Crippen molar-refractivity contribution in [2.45, 2.75) is 524 Å². The minimum Gasteiger partial charge on any atom is -0.463 e. The monoisotopic (exact) mass is 1710 g/mol. The number of aliphatic hydroxyl groups excluding tert-OH is 9. The summed E-state index contributed by atoms with van der Waals surface area (Å²) in [6.07, 6.45) is 30.4. The van der Waals surface area contributed by atoms with E-state index in [2.05, 4.69) is 39.8 Å². The highest BCUT2D eigenvalue weighted by atomic mass is 31.2. The number of hydrogen-bond donors (Lipinski definition) is 10. The van der Waals surface area contributed by atoms with Gasteiger partial charge in [0.15, 0.2) is 24.8 Å². The van der Waals surface area contributed by atoms with E-state index in [1.807, 2.05) is 0 Å². The molecule has 2 heterocycles. The maximum Gasteiger partial charge on any atom is 0.472 e. The van der Waals surface area contributed by atoms with E-state index >= 15 is 0 Å². The SMILES string of the molecule is CCCCCC/C=C\CCCCCCCCCC(=O)OCC1OC(OC2C(OC(=O)CCCCCCCCCCCCCCCCC)C(O)C(O)C(OC3OC(CO)C(O)C(O)C3O)C2OP(=O)(O)OCC(COC(=O)CCCCCCCCCCCCCCC)OC(=O)CCCCCCCCCCCCCCCCCC)C(O)C(O)C1O. The fraction of sp³-hybridized carbons (Fsp3) is 0.935. The van der Waals surface area contributed by atoms with Crippen LogP contribution in [0.25, 0.3) is 0 Å². The number of carbonyl (C=O) groups is 4. The van der Waals surface area contributed by atoms with E-state index in [0.717, 1.165) is 148 Å². The average molecular weight is 1710 g/mol. The third-order valence-electron chi connectivity index (χ3n) is 23.5. The number of hydrogen-bond acceptors (Lipinski definition) is 24. The molecule has 0 spiro atoms. The van der Waals surface area contributed by atoms with Crippen molar-refractivity contribution in [1.29, 1.82) is 0 Å². The summed E-state index contributed by atoms with van der Waals surface area (Å²) in [6.45, 7) is 5.62. The van der Waals surface area contributed by atoms with E-state index < -0.39 is 162 Å². The zero-order valence-corrected chi connectivity index (χ0v) is 74.9. The first-order chi connectivity index (χ1) is 57.2. The molecule has 2 aliphatic heterocycles. The second kappa shape index (κ2) is 71.4. The Hall–Kier alpha value is -2.79. The second-order valence-corrected chi connectivity index (χ2v) is 35.6. The Morgan fingerprint density at radius 1 is 0.331 bits per heavy atom. The van der Waals surface area contributed by atoms with Crippen LogP contribution in [-0.2, 0) is 70.7 Å². The predicted molar refractivity (Wildman–Crippen MR) is 458 cm³/mol. The molecule has 3 rings (SSSR count). The summed E-state index contributed by atoms with van der Waals surface area (Å²) in [7, 11) is -5.80. The maximum atomic E-state index is 14.9. The average Bonchev–Trinajstić information content (AvgIpc) is 0.754. The first kappa shape index (κ1) is 109. The lowest BCUT2D eigenvalue weighted by molar-refractivity contribution is -0.360. The van der Waals surface area contributed by atoms with Crippen molar-refractivity contribution in [1.82, 2.24) is 0 Å². The highest BCUT2D eigenvalue weighted by molar-refractivity contribution is 7.47. The van der Waals surface area contributed by atoms with Gasteiger partial charge in [0.1, 0.15) is 92.6 Å². The molecule has 18 unspecified atom stereocenters. The molecule has 2 saturated heterocycles. The molecule has 118 heavy (non-hydrogen) atoms. The number of phosphoric acid groups is 1. The molecular weight excluding hydrogens is 1540 g/mol. The molecule has 10 N–H and O–H groups in total. The quantitative estimate of drug-likeness (QED) is 0.00889. The molecule has 0 aromatic rings. The van der Waals surface area contributed by atoms with Crippen LogP contribution in [0.4, 0.5) is 0 Å². The number of unbranched alkanes of at least 4 members (excludes halogenated alkanes) is 52. The van der Waals surface area contributed by atoms with Crippen LogP contribution in [0.2, 0.25) is 0 Å². The van der Waals surface area contributed by atoms with Gasteiger partial charge in [0.25, 0.3) is 0 Å². The third-order valence-corrected chi connectivity index (χ3v) is 24.5. The molecular formula is C92H171O25P. The van der Waals surface area contributed by atoms with Crippen molar-refractivity contribution in [2.24, 2.45) is 0 Å². The van der Waals surface area contributed by atoms with Crippen molar-refractivity contribution in [3.05, 3.63) is 12.2 Å². The molecule has 0 amide bonds. The Kier molecular flexibility index (Phi) is 66.2. The summed E-state index contributed by atoms with van der Waals surface area (Å²) in [5.74, 6) is -2.95. The van der Waals surface area contributed by atoms with Crippen LogP contribution in [-0.4, -0.2) is 205 Å². The highest BCUT2D eigenvalue weighted by Gasteiger charge is 2.60. The Bertz CT molecular complexity index is 2500. The third kappa shape index (κ3) is 51.0. The molecule has 0 aromatic heterocycles. The molecule has 694 valence electrons. The van der Waals surface area contributed by atoms with Crippen LogP contribution in [0.3, 0.4) is 0 Å². The molecule has 0 aromatic carbocycles. The van der Waals surface area contributed by atoms with Gasteiger partial charge >= 0.3 is 31.7 Å². The van der Waals surface area contributed by atoms with E-state index in [4.69, 9.17) is 46.9 Å². The fourth-order valence-electron chi connectivity index (χ4n) is 15.9. The minimum absolute atomic E-state index is 0.0112. The Balaban J connectivity index is 1.91. The van der Waals surface area contributed by atoms with Gasteiger partial charge in [0.2, 0.25) is 0 Å². The molecule has 3 fully saturated rings. The van der Waals surface area contributed by atoms with Crippen molar-refractivity contribution < 1.29 is 122 Å². The van der Waals surface area contributed by atoms with Crippen molar-refractivity contribution in [3.63, 3.8) is 0 Å². The number of ether oxygens (including phenoxy) is 8. The molecule has 18 atom stereocenters. The van der Waals surface area contributed by atoms with Crippen LogP contribution in [0.5, 0.6) is 0 Å². The van der Waals surface area contributed by atoms with Crippen molar-refractivity contribution in [2.75, 3.05) is 26.4 Å². The normalized spacial score (nSPS) is 24.9. The smallest absolute Gasteiger partial charge is 0.463 e. The number of rotatable bonds is 78. The van der Waals surface area contributed by atoms with Gasteiger partial charge in [-0.2, -0.15) is 0 Å². The largest absolute Gasteiger partial charge is 0.472 e. The maximum absolute atomic E-state index is 14.9. The second-order valence-electron chi connectivity index (χ2n) is 34.2. The Morgan fingerprint density at radius 2 is 0.636 bits per heavy atom. The van der Waals surface area contributed by atoms with Crippen molar-refractivity contribution >= 4 is 31.7 Å². The summed E-state index contributed by atoms with van der Waals surface area (Å²) >= 11 is 0. The lowest BCUT2D eigenvalue weighted by Crippen LogP contribution is -2.70. The van der Waals surface area contributed by atoms with E-state index in [1.54, 1.807) is 0 Å². The van der Waals surface area contributed by atoms with Crippen LogP contribution in [0.1, 0.15) is 419 Å². The van der Waals surface area contributed by atoms with Gasteiger partial charge in [0, 0.05) is 25.7 Å². The fourth-order valence-corrected chi connectivity index (χ4v) is 16.9. The molecule has 1 aliphatic carbocycles. The summed E-state index contributed by atoms with van der Waals surface area (Å²) in [5.41, 5.74) is 0. The zero-order valence-electron chi connectivity index (χ0n) is 74.0. The Morgan fingerprint density at radius 3 is 1.02 bits per heavy atom. The highest BCUT2D eigenvalue weighted by Crippen LogP contribution is 2.49. The van der Waals surface area contributed by atoms with E-state index in [1.165, 1.54) is 186 Å². The number of phosphoric ester groups is 1. The number of aliphatic hydroxyl groups is 9. The van der Waals surface area contributed by atoms with Gasteiger partial charge in [-0.05, 0) is 51.4 Å². The zero-order chi connectivity index (χ0) is 86.1. The number of allylic oxidation sites excluding steroid dienone is 2. The molecule has 26 heteroatoms. The van der Waals surface area contributed by atoms with Gasteiger partial charge in [-0.25, -0.2) is 4.57 Å². The standard InChI is InChI=1S/C92H171O25P/c1-5-9-13-17-21-25-29-33-36-39-43-46-50-54-58-62-66-77(96)111-72(69-108-75(94)64-60-56-52-48-44-40-32-28-24-20-16-12-8-4)70-110-118(106,107)117-90-88(115-91-85(104)81(100)79(98)73(68-93)112-91)84(103)83(102)87(114-78(97)67-63-59-55-51-47-42-38-35-31-27-23-19-15-11-7-3)89(90)116-92-86(105)82(101)80(99)74(113-92)71-109-76(95)65-61-57-53-49-45-41-37-34-30-26-22-18-14-10-6-2/h26,30,72-74,79-93,98-105H,5-25,27-29,31-71H2,1-4H3,(H,106,107)/b30-26-. The lowest BCUT2D eigenvalue weighted by Gasteiger charge is -2.50. The number of esters is 4. The van der Waals surface area contributed by atoms with Crippen LogP contribution in [0.15, 0.2) is 12.2 Å². The molecule has 1 saturated carbocycles. The van der Waals surface area contributed by atoms with Crippen LogP contribution < -0.4 is 0 Å². The van der Waals surface area contributed by atoms with Crippen LogP contribution in [0, 0.1) is 0 Å². The first-order valence-electron chi connectivity index (χ1n) is 47.9. The predicted octanol–water partition coefficient (Wildman–Crippen LogP) is 17.9. The van der Waals surface area contributed by atoms with Crippen molar-refractivity contribution in [3.8, 4) is 0 Å². The first-order valence-corrected chi connectivity index (χ1v) is 49.4. The van der Waals surface area contributed by atoms with E-state index in [0.29, 0.717) is 32.1 Å². The molecule has 25 nitrogen and oxygen atoms in total. The van der Waals surface area contributed by atoms with Crippen LogP contribution >= 0.6 is 7.82 Å². The Labute approximate surface area is 712 Å². The summed E-state index contributed by atoms with van der Waals surface area (Å²) < 4.78 is 73.5. The summed E-state index contributed by atoms with van der Waals surface area (Å²) in [5, 5.41) is 102.